The Morgan fingerprint density at radius 3 is 2.74 bits per heavy atom. The Balaban J connectivity index is 2.06. The summed E-state index contributed by atoms with van der Waals surface area (Å²) in [5.41, 5.74) is 2.30. The van der Waals surface area contributed by atoms with Crippen LogP contribution < -0.4 is 5.32 Å². The van der Waals surface area contributed by atoms with Gasteiger partial charge in [0, 0.05) is 6.04 Å². The Kier molecular flexibility index (Phi) is 6.21. The first-order valence-electron chi connectivity index (χ1n) is 7.93. The molecule has 1 aromatic heterocycles. The first-order valence-corrected chi connectivity index (χ1v) is 8.92. The van der Waals surface area contributed by atoms with E-state index in [4.69, 9.17) is 0 Å². The maximum atomic E-state index is 12.0. The van der Waals surface area contributed by atoms with Crippen molar-refractivity contribution in [2.75, 3.05) is 5.75 Å². The molecule has 0 spiro atoms. The number of aryl methyl sites for hydroxylation is 1. The number of para-hydroxylation sites is 1. The molecule has 0 fully saturated rings. The second kappa shape index (κ2) is 8.15. The van der Waals surface area contributed by atoms with Crippen molar-refractivity contribution in [2.45, 2.75) is 45.3 Å². The molecular weight excluding hydrogens is 308 g/mol. The van der Waals surface area contributed by atoms with E-state index in [1.807, 2.05) is 29.7 Å². The Bertz CT molecular complexity index is 654. The number of rotatable bonds is 7. The summed E-state index contributed by atoms with van der Waals surface area (Å²) in [6.45, 7) is 8.33. The predicted molar refractivity (Wildman–Crippen MR) is 93.9 cm³/mol. The van der Waals surface area contributed by atoms with Crippen LogP contribution in [-0.2, 0) is 11.2 Å². The number of amides is 1. The maximum Gasteiger partial charge on any atom is 0.230 e. The van der Waals surface area contributed by atoms with E-state index in [0.29, 0.717) is 11.7 Å². The highest BCUT2D eigenvalue weighted by atomic mass is 32.2. The second-order valence-corrected chi connectivity index (χ2v) is 6.80. The Morgan fingerprint density at radius 2 is 2.04 bits per heavy atom. The van der Waals surface area contributed by atoms with Crippen LogP contribution >= 0.6 is 11.8 Å². The van der Waals surface area contributed by atoms with Crippen molar-refractivity contribution in [2.24, 2.45) is 5.92 Å². The largest absolute Gasteiger partial charge is 0.353 e. The fraction of sp³-hybridized carbons (Fsp3) is 0.471. The van der Waals surface area contributed by atoms with E-state index in [9.17, 15) is 4.79 Å². The van der Waals surface area contributed by atoms with E-state index in [1.165, 1.54) is 17.3 Å². The van der Waals surface area contributed by atoms with E-state index < -0.39 is 0 Å². The van der Waals surface area contributed by atoms with Gasteiger partial charge in [0.2, 0.25) is 5.91 Å². The molecule has 0 aliphatic heterocycles. The third-order valence-corrected chi connectivity index (χ3v) is 4.81. The molecule has 0 aliphatic rings. The number of nitrogens with zero attached hydrogens (tertiary/aromatic N) is 3. The number of hydrogen-bond acceptors (Lipinski definition) is 4. The van der Waals surface area contributed by atoms with Crippen molar-refractivity contribution >= 4 is 17.7 Å². The number of carbonyl (C=O) groups excluding carboxylic acids is 1. The van der Waals surface area contributed by atoms with Crippen LogP contribution in [0.4, 0.5) is 0 Å². The third kappa shape index (κ3) is 4.58. The minimum Gasteiger partial charge on any atom is -0.353 e. The monoisotopic (exact) mass is 332 g/mol. The van der Waals surface area contributed by atoms with Crippen LogP contribution in [0.2, 0.25) is 0 Å². The standard InChI is InChI=1S/C17H24N4OS/c1-5-14-8-6-7-9-15(14)21-11-18-20-17(21)23-10-16(22)19-13(4)12(2)3/h6-9,11-13H,5,10H2,1-4H3,(H,19,22). The second-order valence-electron chi connectivity index (χ2n) is 5.85. The minimum absolute atomic E-state index is 0.0227. The molecule has 124 valence electrons. The highest BCUT2D eigenvalue weighted by Gasteiger charge is 2.14. The smallest absolute Gasteiger partial charge is 0.230 e. The lowest BCUT2D eigenvalue weighted by Crippen LogP contribution is -2.37. The summed E-state index contributed by atoms with van der Waals surface area (Å²) >= 11 is 1.41. The fourth-order valence-corrected chi connectivity index (χ4v) is 2.86. The lowest BCUT2D eigenvalue weighted by Gasteiger charge is -2.17. The van der Waals surface area contributed by atoms with Gasteiger partial charge in [-0.1, -0.05) is 50.7 Å². The third-order valence-electron chi connectivity index (χ3n) is 3.87. The summed E-state index contributed by atoms with van der Waals surface area (Å²) in [6.07, 6.45) is 2.64. The van der Waals surface area contributed by atoms with E-state index in [-0.39, 0.29) is 11.9 Å². The molecule has 2 aromatic rings. The minimum atomic E-state index is 0.0227. The molecule has 1 N–H and O–H groups in total. The predicted octanol–water partition coefficient (Wildman–Crippen LogP) is 3.08. The fourth-order valence-electron chi connectivity index (χ4n) is 2.13. The highest BCUT2D eigenvalue weighted by molar-refractivity contribution is 7.99. The topological polar surface area (TPSA) is 59.8 Å². The van der Waals surface area contributed by atoms with Gasteiger partial charge in [0.15, 0.2) is 5.16 Å². The maximum absolute atomic E-state index is 12.0. The molecule has 1 heterocycles. The summed E-state index contributed by atoms with van der Waals surface area (Å²) < 4.78 is 1.95. The van der Waals surface area contributed by atoms with E-state index >= 15 is 0 Å². The summed E-state index contributed by atoms with van der Waals surface area (Å²) in [5, 5.41) is 11.9. The SMILES string of the molecule is CCc1ccccc1-n1cnnc1SCC(=O)NC(C)C(C)C. The first kappa shape index (κ1) is 17.5. The van der Waals surface area contributed by atoms with Crippen molar-refractivity contribution in [1.29, 1.82) is 0 Å². The molecule has 0 saturated carbocycles. The molecular formula is C17H24N4OS. The summed E-state index contributed by atoms with van der Waals surface area (Å²) in [6, 6.07) is 8.34. The van der Waals surface area contributed by atoms with E-state index in [0.717, 1.165) is 17.3 Å². The van der Waals surface area contributed by atoms with Gasteiger partial charge in [-0.25, -0.2) is 0 Å². The number of thioether (sulfide) groups is 1. The van der Waals surface area contributed by atoms with Crippen molar-refractivity contribution in [3.63, 3.8) is 0 Å². The average Bonchev–Trinajstić information content (AvgIpc) is 3.01. The van der Waals surface area contributed by atoms with Gasteiger partial charge in [-0.2, -0.15) is 0 Å². The molecule has 0 radical (unpaired) electrons. The molecule has 2 rings (SSSR count). The number of benzene rings is 1. The number of aromatic nitrogens is 3. The van der Waals surface area contributed by atoms with Crippen LogP contribution in [0.1, 0.15) is 33.3 Å². The Morgan fingerprint density at radius 1 is 1.30 bits per heavy atom. The molecule has 0 bridgehead atoms. The van der Waals surface area contributed by atoms with Gasteiger partial charge < -0.3 is 5.32 Å². The molecule has 0 aliphatic carbocycles. The van der Waals surface area contributed by atoms with Crippen LogP contribution in [0.25, 0.3) is 5.69 Å². The van der Waals surface area contributed by atoms with Gasteiger partial charge in [-0.3, -0.25) is 9.36 Å². The zero-order valence-corrected chi connectivity index (χ0v) is 14.9. The summed E-state index contributed by atoms with van der Waals surface area (Å²) in [4.78, 5) is 12.0. The molecule has 6 heteroatoms. The van der Waals surface area contributed by atoms with E-state index in [2.05, 4.69) is 42.4 Å². The van der Waals surface area contributed by atoms with Gasteiger partial charge in [0.1, 0.15) is 6.33 Å². The van der Waals surface area contributed by atoms with Crippen molar-refractivity contribution in [3.05, 3.63) is 36.2 Å². The summed E-state index contributed by atoms with van der Waals surface area (Å²) in [5.74, 6) is 0.780. The first-order chi connectivity index (χ1) is 11.0. The van der Waals surface area contributed by atoms with Gasteiger partial charge in [0.05, 0.1) is 11.4 Å². The van der Waals surface area contributed by atoms with Gasteiger partial charge in [-0.15, -0.1) is 10.2 Å². The van der Waals surface area contributed by atoms with Crippen LogP contribution in [0.15, 0.2) is 35.7 Å². The van der Waals surface area contributed by atoms with Crippen LogP contribution in [0.5, 0.6) is 0 Å². The molecule has 0 saturated heterocycles. The van der Waals surface area contributed by atoms with Crippen molar-refractivity contribution < 1.29 is 4.79 Å². The molecule has 1 aromatic carbocycles. The zero-order chi connectivity index (χ0) is 16.8. The van der Waals surface area contributed by atoms with Gasteiger partial charge in [-0.05, 0) is 30.9 Å². The zero-order valence-electron chi connectivity index (χ0n) is 14.1. The Hall–Kier alpha value is -1.82. The lowest BCUT2D eigenvalue weighted by atomic mass is 10.1. The van der Waals surface area contributed by atoms with Gasteiger partial charge >= 0.3 is 0 Å². The molecule has 23 heavy (non-hydrogen) atoms. The highest BCUT2D eigenvalue weighted by Crippen LogP contribution is 2.22. The quantitative estimate of drug-likeness (QED) is 0.792. The molecule has 5 nitrogen and oxygen atoms in total. The Labute approximate surface area is 141 Å². The van der Waals surface area contributed by atoms with Crippen molar-refractivity contribution in [3.8, 4) is 5.69 Å². The van der Waals surface area contributed by atoms with Crippen molar-refractivity contribution in [1.82, 2.24) is 20.1 Å². The number of carbonyl (C=O) groups is 1. The lowest BCUT2D eigenvalue weighted by molar-refractivity contribution is -0.119. The van der Waals surface area contributed by atoms with Crippen LogP contribution in [-0.4, -0.2) is 32.5 Å². The van der Waals surface area contributed by atoms with Crippen LogP contribution in [0.3, 0.4) is 0 Å². The molecule has 1 atom stereocenters. The van der Waals surface area contributed by atoms with Gasteiger partial charge in [0.25, 0.3) is 0 Å². The normalized spacial score (nSPS) is 12.4. The van der Waals surface area contributed by atoms with Crippen LogP contribution in [0, 0.1) is 5.92 Å². The average molecular weight is 332 g/mol. The molecule has 1 amide bonds. The summed E-state index contributed by atoms with van der Waals surface area (Å²) in [7, 11) is 0. The number of nitrogens with one attached hydrogen (secondary N) is 1. The molecule has 1 unspecified atom stereocenters. The van der Waals surface area contributed by atoms with E-state index in [1.54, 1.807) is 6.33 Å². The number of hydrogen-bond donors (Lipinski definition) is 1.